The fraction of sp³-hybridized carbons (Fsp3) is 0.500. The predicted octanol–water partition coefficient (Wildman–Crippen LogP) is 2.88. The Balaban J connectivity index is 2.04. The quantitative estimate of drug-likeness (QED) is 0.799. The van der Waals surface area contributed by atoms with Crippen LogP contribution in [-0.4, -0.2) is 38.2 Å². The Bertz CT molecular complexity index is 661. The van der Waals surface area contributed by atoms with Gasteiger partial charge in [-0.2, -0.15) is 0 Å². The summed E-state index contributed by atoms with van der Waals surface area (Å²) in [4.78, 5) is 14.5. The van der Waals surface area contributed by atoms with Gasteiger partial charge in [0.1, 0.15) is 0 Å². The average molecular weight is 317 g/mol. The highest BCUT2D eigenvalue weighted by Gasteiger charge is 2.34. The van der Waals surface area contributed by atoms with E-state index in [4.69, 9.17) is 14.2 Å². The van der Waals surface area contributed by atoms with Crippen LogP contribution in [0.3, 0.4) is 0 Å². The number of carbonyl (C=O) groups is 1. The maximum Gasteiger partial charge on any atom is 0.231 e. The van der Waals surface area contributed by atoms with E-state index in [1.165, 1.54) is 5.56 Å². The van der Waals surface area contributed by atoms with Crippen LogP contribution in [0.1, 0.15) is 37.4 Å². The first-order valence-corrected chi connectivity index (χ1v) is 7.88. The Labute approximate surface area is 136 Å². The molecule has 23 heavy (non-hydrogen) atoms. The van der Waals surface area contributed by atoms with Crippen LogP contribution in [0, 0.1) is 0 Å². The number of nitrogens with zero attached hydrogens (tertiary/aromatic N) is 1. The molecule has 1 aromatic carbocycles. The molecule has 0 fully saturated rings. The summed E-state index contributed by atoms with van der Waals surface area (Å²) in [6, 6.07) is 2.03. The van der Waals surface area contributed by atoms with Gasteiger partial charge in [-0.3, -0.25) is 9.69 Å². The van der Waals surface area contributed by atoms with E-state index in [1.807, 2.05) is 27.0 Å². The zero-order chi connectivity index (χ0) is 16.6. The zero-order valence-electron chi connectivity index (χ0n) is 14.1. The van der Waals surface area contributed by atoms with Gasteiger partial charge in [-0.15, -0.1) is 0 Å². The predicted molar refractivity (Wildman–Crippen MR) is 87.2 cm³/mol. The van der Waals surface area contributed by atoms with E-state index in [1.54, 1.807) is 13.2 Å². The lowest BCUT2D eigenvalue weighted by atomic mass is 9.88. The Morgan fingerprint density at radius 1 is 1.43 bits per heavy atom. The van der Waals surface area contributed by atoms with E-state index in [0.29, 0.717) is 17.9 Å². The summed E-state index contributed by atoms with van der Waals surface area (Å²) in [5, 5.41) is 0. The molecule has 3 rings (SSSR count). The molecule has 0 bridgehead atoms. The van der Waals surface area contributed by atoms with Crippen LogP contribution in [0.5, 0.6) is 17.2 Å². The van der Waals surface area contributed by atoms with Gasteiger partial charge in [-0.25, -0.2) is 0 Å². The van der Waals surface area contributed by atoms with Crippen molar-refractivity contribution in [3.05, 3.63) is 28.8 Å². The summed E-state index contributed by atoms with van der Waals surface area (Å²) < 4.78 is 16.7. The minimum atomic E-state index is -0.00806. The van der Waals surface area contributed by atoms with E-state index in [2.05, 4.69) is 4.90 Å². The number of benzene rings is 1. The largest absolute Gasteiger partial charge is 0.492 e. The molecule has 0 saturated heterocycles. The van der Waals surface area contributed by atoms with Crippen molar-refractivity contribution in [3.8, 4) is 17.2 Å². The van der Waals surface area contributed by atoms with Crippen LogP contribution in [0.2, 0.25) is 0 Å². The number of carbonyl (C=O) groups excluding carboxylic acids is 1. The van der Waals surface area contributed by atoms with Crippen molar-refractivity contribution in [2.75, 3.05) is 27.5 Å². The summed E-state index contributed by atoms with van der Waals surface area (Å²) in [6.07, 6.45) is 3.05. The second-order valence-electron chi connectivity index (χ2n) is 6.35. The van der Waals surface area contributed by atoms with Crippen LogP contribution < -0.4 is 14.2 Å². The first-order chi connectivity index (χ1) is 11.0. The summed E-state index contributed by atoms with van der Waals surface area (Å²) in [5.41, 5.74) is 3.26. The van der Waals surface area contributed by atoms with E-state index < -0.39 is 0 Å². The molecule has 1 unspecified atom stereocenters. The van der Waals surface area contributed by atoms with E-state index in [-0.39, 0.29) is 18.6 Å². The van der Waals surface area contributed by atoms with Crippen molar-refractivity contribution >= 4 is 5.78 Å². The highest BCUT2D eigenvalue weighted by Crippen LogP contribution is 2.50. The fourth-order valence-electron chi connectivity index (χ4n) is 3.35. The molecule has 0 saturated carbocycles. The number of hydrogen-bond acceptors (Lipinski definition) is 5. The van der Waals surface area contributed by atoms with Crippen molar-refractivity contribution in [2.45, 2.75) is 32.7 Å². The lowest BCUT2D eigenvalue weighted by Gasteiger charge is -2.35. The number of hydrogen-bond donors (Lipinski definition) is 0. The summed E-state index contributed by atoms with van der Waals surface area (Å²) in [6.45, 7) is 5.00. The standard InChI is InChI=1S/C18H23NO4/c1-11(2)7-13(20)9-14-16-12(5-6-19(14)3)8-15-17(18(16)21-4)23-10-22-15/h7-8,14H,5-6,9-10H2,1-4H3. The highest BCUT2D eigenvalue weighted by atomic mass is 16.7. The first kappa shape index (κ1) is 15.9. The summed E-state index contributed by atoms with van der Waals surface area (Å²) in [5.74, 6) is 2.23. The van der Waals surface area contributed by atoms with Gasteiger partial charge >= 0.3 is 0 Å². The number of ether oxygens (including phenoxy) is 3. The van der Waals surface area contributed by atoms with Crippen LogP contribution in [0.4, 0.5) is 0 Å². The van der Waals surface area contributed by atoms with E-state index in [0.717, 1.165) is 29.9 Å². The van der Waals surface area contributed by atoms with Gasteiger partial charge in [0, 0.05) is 24.6 Å². The molecule has 1 aromatic rings. The first-order valence-electron chi connectivity index (χ1n) is 7.88. The molecule has 0 radical (unpaired) electrons. The van der Waals surface area contributed by atoms with Crippen LogP contribution in [-0.2, 0) is 11.2 Å². The lowest BCUT2D eigenvalue weighted by molar-refractivity contribution is -0.115. The van der Waals surface area contributed by atoms with Gasteiger partial charge in [0.25, 0.3) is 0 Å². The van der Waals surface area contributed by atoms with Crippen molar-refractivity contribution in [1.82, 2.24) is 4.90 Å². The van der Waals surface area contributed by atoms with E-state index >= 15 is 0 Å². The normalized spacial score (nSPS) is 19.2. The monoisotopic (exact) mass is 317 g/mol. The molecular weight excluding hydrogens is 294 g/mol. The van der Waals surface area contributed by atoms with Gasteiger partial charge in [-0.05, 0) is 45.0 Å². The second-order valence-corrected chi connectivity index (χ2v) is 6.35. The molecule has 2 aliphatic heterocycles. The topological polar surface area (TPSA) is 48.0 Å². The molecular formula is C18H23NO4. The average Bonchev–Trinajstić information content (AvgIpc) is 2.95. The third-order valence-electron chi connectivity index (χ3n) is 4.39. The molecule has 1 atom stereocenters. The molecule has 0 amide bonds. The molecule has 0 N–H and O–H groups in total. The Kier molecular flexibility index (Phi) is 4.31. The van der Waals surface area contributed by atoms with Crippen LogP contribution in [0.25, 0.3) is 0 Å². The smallest absolute Gasteiger partial charge is 0.231 e. The second kappa shape index (κ2) is 6.24. The number of rotatable bonds is 4. The summed E-state index contributed by atoms with van der Waals surface area (Å²) in [7, 11) is 3.69. The molecule has 2 aliphatic rings. The number of methoxy groups -OCH3 is 1. The van der Waals surface area contributed by atoms with Gasteiger partial charge in [0.2, 0.25) is 12.5 Å². The Morgan fingerprint density at radius 2 is 2.22 bits per heavy atom. The van der Waals surface area contributed by atoms with Gasteiger partial charge in [0.05, 0.1) is 7.11 Å². The molecule has 0 spiro atoms. The van der Waals surface area contributed by atoms with Gasteiger partial charge in [-0.1, -0.05) is 5.57 Å². The van der Waals surface area contributed by atoms with E-state index in [9.17, 15) is 4.79 Å². The van der Waals surface area contributed by atoms with Gasteiger partial charge < -0.3 is 14.2 Å². The Hall–Kier alpha value is -2.01. The minimum Gasteiger partial charge on any atom is -0.492 e. The molecule has 0 aliphatic carbocycles. The van der Waals surface area contributed by atoms with Crippen LogP contribution in [0.15, 0.2) is 17.7 Å². The summed E-state index contributed by atoms with van der Waals surface area (Å²) >= 11 is 0. The van der Waals surface area contributed by atoms with Crippen LogP contribution >= 0.6 is 0 Å². The zero-order valence-corrected chi connectivity index (χ0v) is 14.1. The number of ketones is 1. The van der Waals surface area contributed by atoms with Crippen molar-refractivity contribution < 1.29 is 19.0 Å². The van der Waals surface area contributed by atoms with Crippen molar-refractivity contribution in [1.29, 1.82) is 0 Å². The van der Waals surface area contributed by atoms with Crippen molar-refractivity contribution in [2.24, 2.45) is 0 Å². The number of allylic oxidation sites excluding steroid dienone is 2. The molecule has 2 heterocycles. The van der Waals surface area contributed by atoms with Gasteiger partial charge in [0.15, 0.2) is 17.3 Å². The number of fused-ring (bicyclic) bond motifs is 2. The molecule has 0 aromatic heterocycles. The van der Waals surface area contributed by atoms with Crippen molar-refractivity contribution in [3.63, 3.8) is 0 Å². The maximum absolute atomic E-state index is 12.3. The third kappa shape index (κ3) is 2.93. The fourth-order valence-corrected chi connectivity index (χ4v) is 3.35. The molecule has 124 valence electrons. The lowest BCUT2D eigenvalue weighted by Crippen LogP contribution is -2.33. The SMILES string of the molecule is COc1c2c(cc3c1C(CC(=O)C=C(C)C)N(C)CC3)OCO2. The highest BCUT2D eigenvalue weighted by molar-refractivity contribution is 5.91. The number of likely N-dealkylation sites (N-methyl/N-ethyl adjacent to an activating group) is 1. The molecule has 5 nitrogen and oxygen atoms in total. The third-order valence-corrected chi connectivity index (χ3v) is 4.39. The Morgan fingerprint density at radius 3 is 2.91 bits per heavy atom. The maximum atomic E-state index is 12.3. The minimum absolute atomic E-state index is 0.00806. The molecule has 5 heteroatoms.